The predicted octanol–water partition coefficient (Wildman–Crippen LogP) is 2.79. The minimum absolute atomic E-state index is 0.0777. The van der Waals surface area contributed by atoms with Crippen molar-refractivity contribution < 1.29 is 14.3 Å². The Balaban J connectivity index is 1.41. The van der Waals surface area contributed by atoms with Crippen molar-refractivity contribution in [3.63, 3.8) is 0 Å². The molecule has 1 atom stereocenters. The molecular weight excluding hydrogens is 330 g/mol. The number of para-hydroxylation sites is 1. The van der Waals surface area contributed by atoms with Crippen LogP contribution >= 0.6 is 0 Å². The van der Waals surface area contributed by atoms with Gasteiger partial charge in [0, 0.05) is 11.9 Å². The van der Waals surface area contributed by atoms with Crippen LogP contribution in [0, 0.1) is 6.92 Å². The number of benzene rings is 2. The first-order chi connectivity index (χ1) is 12.7. The molecule has 3 aromatic rings. The Morgan fingerprint density at radius 3 is 2.92 bits per heavy atom. The molecule has 2 heterocycles. The fraction of sp³-hybridized carbons (Fsp3) is 0.300. The van der Waals surface area contributed by atoms with Crippen LogP contribution in [0.25, 0.3) is 10.9 Å². The SMILES string of the molecule is Cc1ccc(OCC2CN(C(=O)c3n[nH]c4ccccc34)CCO2)cc1. The van der Waals surface area contributed by atoms with Crippen LogP contribution in [0.2, 0.25) is 0 Å². The molecule has 0 radical (unpaired) electrons. The molecule has 1 aliphatic heterocycles. The van der Waals surface area contributed by atoms with Crippen molar-refractivity contribution >= 4 is 16.8 Å². The molecule has 1 aliphatic rings. The summed E-state index contributed by atoms with van der Waals surface area (Å²) in [6.45, 7) is 3.99. The van der Waals surface area contributed by atoms with Crippen LogP contribution < -0.4 is 4.74 Å². The van der Waals surface area contributed by atoms with Crippen LogP contribution in [-0.4, -0.2) is 53.4 Å². The van der Waals surface area contributed by atoms with E-state index in [1.807, 2.05) is 55.5 Å². The summed E-state index contributed by atoms with van der Waals surface area (Å²) in [5.74, 6) is 0.729. The largest absolute Gasteiger partial charge is 0.491 e. The van der Waals surface area contributed by atoms with Gasteiger partial charge >= 0.3 is 0 Å². The first-order valence-electron chi connectivity index (χ1n) is 8.74. The summed E-state index contributed by atoms with van der Waals surface area (Å²) in [6, 6.07) is 15.5. The number of rotatable bonds is 4. The number of ether oxygens (including phenoxy) is 2. The fourth-order valence-electron chi connectivity index (χ4n) is 3.10. The molecule has 6 heteroatoms. The maximum Gasteiger partial charge on any atom is 0.275 e. The number of carbonyl (C=O) groups is 1. The highest BCUT2D eigenvalue weighted by atomic mass is 16.5. The highest BCUT2D eigenvalue weighted by Gasteiger charge is 2.27. The Morgan fingerprint density at radius 2 is 2.08 bits per heavy atom. The number of aromatic amines is 1. The van der Waals surface area contributed by atoms with Gasteiger partial charge in [0.25, 0.3) is 5.91 Å². The molecule has 0 spiro atoms. The van der Waals surface area contributed by atoms with E-state index >= 15 is 0 Å². The second-order valence-corrected chi connectivity index (χ2v) is 6.49. The van der Waals surface area contributed by atoms with E-state index < -0.39 is 0 Å². The van der Waals surface area contributed by atoms with Crippen LogP contribution in [0.3, 0.4) is 0 Å². The molecule has 26 heavy (non-hydrogen) atoms. The highest BCUT2D eigenvalue weighted by Crippen LogP contribution is 2.19. The summed E-state index contributed by atoms with van der Waals surface area (Å²) in [4.78, 5) is 14.7. The first-order valence-corrected chi connectivity index (χ1v) is 8.74. The summed E-state index contributed by atoms with van der Waals surface area (Å²) < 4.78 is 11.6. The average Bonchev–Trinajstić information content (AvgIpc) is 3.11. The average molecular weight is 351 g/mol. The Labute approximate surface area is 151 Å². The fourth-order valence-corrected chi connectivity index (χ4v) is 3.10. The summed E-state index contributed by atoms with van der Waals surface area (Å²) >= 11 is 0. The number of aryl methyl sites for hydroxylation is 1. The number of aromatic nitrogens is 2. The molecule has 1 amide bonds. The van der Waals surface area contributed by atoms with Crippen LogP contribution in [0.4, 0.5) is 0 Å². The molecular formula is C20H21N3O3. The van der Waals surface area contributed by atoms with Gasteiger partial charge in [0.05, 0.1) is 18.7 Å². The van der Waals surface area contributed by atoms with E-state index in [1.54, 1.807) is 4.90 Å². The lowest BCUT2D eigenvalue weighted by Gasteiger charge is -2.32. The monoisotopic (exact) mass is 351 g/mol. The van der Waals surface area contributed by atoms with Gasteiger partial charge < -0.3 is 14.4 Å². The molecule has 0 bridgehead atoms. The Kier molecular flexibility index (Phi) is 4.58. The third-order valence-electron chi connectivity index (χ3n) is 4.56. The zero-order valence-corrected chi connectivity index (χ0v) is 14.6. The summed E-state index contributed by atoms with van der Waals surface area (Å²) in [7, 11) is 0. The molecule has 0 saturated carbocycles. The molecule has 1 fully saturated rings. The van der Waals surface area contributed by atoms with E-state index in [0.717, 1.165) is 16.7 Å². The topological polar surface area (TPSA) is 67.5 Å². The molecule has 134 valence electrons. The zero-order chi connectivity index (χ0) is 17.9. The normalized spacial score (nSPS) is 17.4. The smallest absolute Gasteiger partial charge is 0.275 e. The summed E-state index contributed by atoms with van der Waals surface area (Å²) in [6.07, 6.45) is -0.154. The van der Waals surface area contributed by atoms with Gasteiger partial charge in [0.2, 0.25) is 0 Å². The lowest BCUT2D eigenvalue weighted by molar-refractivity contribution is -0.0402. The number of H-pyrrole nitrogens is 1. The van der Waals surface area contributed by atoms with Crippen molar-refractivity contribution in [2.24, 2.45) is 0 Å². The molecule has 1 N–H and O–H groups in total. The van der Waals surface area contributed by atoms with Gasteiger partial charge in [-0.05, 0) is 25.1 Å². The van der Waals surface area contributed by atoms with Crippen LogP contribution in [0.15, 0.2) is 48.5 Å². The number of fused-ring (bicyclic) bond motifs is 1. The third kappa shape index (κ3) is 3.41. The maximum absolute atomic E-state index is 12.9. The van der Waals surface area contributed by atoms with Crippen molar-refractivity contribution in [2.45, 2.75) is 13.0 Å². The molecule has 1 saturated heterocycles. The second-order valence-electron chi connectivity index (χ2n) is 6.49. The van der Waals surface area contributed by atoms with Crippen molar-refractivity contribution in [3.05, 3.63) is 59.8 Å². The maximum atomic E-state index is 12.9. The minimum atomic E-state index is -0.154. The lowest BCUT2D eigenvalue weighted by Crippen LogP contribution is -2.47. The number of nitrogens with one attached hydrogen (secondary N) is 1. The zero-order valence-electron chi connectivity index (χ0n) is 14.6. The number of nitrogens with zero attached hydrogens (tertiary/aromatic N) is 2. The van der Waals surface area contributed by atoms with Gasteiger partial charge in [-0.3, -0.25) is 9.89 Å². The van der Waals surface area contributed by atoms with E-state index in [-0.39, 0.29) is 12.0 Å². The number of morpholine rings is 1. The summed E-state index contributed by atoms with van der Waals surface area (Å²) in [5, 5.41) is 7.97. The number of amides is 1. The first kappa shape index (κ1) is 16.6. The van der Waals surface area contributed by atoms with Gasteiger partial charge in [-0.1, -0.05) is 35.9 Å². The summed E-state index contributed by atoms with van der Waals surface area (Å²) in [5.41, 5.74) is 2.51. The number of hydrogen-bond acceptors (Lipinski definition) is 4. The van der Waals surface area contributed by atoms with Gasteiger partial charge in [-0.15, -0.1) is 0 Å². The Bertz CT molecular complexity index is 904. The van der Waals surface area contributed by atoms with Crippen LogP contribution in [-0.2, 0) is 4.74 Å². The molecule has 1 aromatic heterocycles. The molecule has 2 aromatic carbocycles. The molecule has 0 aliphatic carbocycles. The quantitative estimate of drug-likeness (QED) is 0.785. The van der Waals surface area contributed by atoms with Gasteiger partial charge in [-0.2, -0.15) is 5.10 Å². The van der Waals surface area contributed by atoms with Crippen molar-refractivity contribution in [3.8, 4) is 5.75 Å². The van der Waals surface area contributed by atoms with Gasteiger partial charge in [0.1, 0.15) is 18.5 Å². The van der Waals surface area contributed by atoms with E-state index in [2.05, 4.69) is 10.2 Å². The number of carbonyl (C=O) groups excluding carboxylic acids is 1. The predicted molar refractivity (Wildman–Crippen MR) is 98.4 cm³/mol. The second kappa shape index (κ2) is 7.17. The van der Waals surface area contributed by atoms with E-state index in [0.29, 0.717) is 32.0 Å². The lowest BCUT2D eigenvalue weighted by atomic mass is 10.2. The van der Waals surface area contributed by atoms with Gasteiger partial charge in [0.15, 0.2) is 5.69 Å². The molecule has 6 nitrogen and oxygen atoms in total. The minimum Gasteiger partial charge on any atom is -0.491 e. The van der Waals surface area contributed by atoms with Crippen LogP contribution in [0.1, 0.15) is 16.1 Å². The van der Waals surface area contributed by atoms with Gasteiger partial charge in [-0.25, -0.2) is 0 Å². The number of hydrogen-bond donors (Lipinski definition) is 1. The molecule has 4 rings (SSSR count). The van der Waals surface area contributed by atoms with Crippen LogP contribution in [0.5, 0.6) is 5.75 Å². The molecule has 1 unspecified atom stereocenters. The van der Waals surface area contributed by atoms with Crippen molar-refractivity contribution in [2.75, 3.05) is 26.3 Å². The van der Waals surface area contributed by atoms with E-state index in [9.17, 15) is 4.79 Å². The Morgan fingerprint density at radius 1 is 1.27 bits per heavy atom. The van der Waals surface area contributed by atoms with Crippen molar-refractivity contribution in [1.29, 1.82) is 0 Å². The Hall–Kier alpha value is -2.86. The standard InChI is InChI=1S/C20H21N3O3/c1-14-6-8-15(9-7-14)26-13-16-12-23(10-11-25-16)20(24)19-17-4-2-3-5-18(17)21-22-19/h2-9,16H,10-13H2,1H3,(H,21,22). The van der Waals surface area contributed by atoms with E-state index in [4.69, 9.17) is 9.47 Å². The van der Waals surface area contributed by atoms with Crippen molar-refractivity contribution in [1.82, 2.24) is 15.1 Å². The highest BCUT2D eigenvalue weighted by molar-refractivity contribution is 6.04. The van der Waals surface area contributed by atoms with E-state index in [1.165, 1.54) is 5.56 Å². The third-order valence-corrected chi connectivity index (χ3v) is 4.56.